The Bertz CT molecular complexity index is 937. The lowest BCUT2D eigenvalue weighted by atomic mass is 10.1. The van der Waals surface area contributed by atoms with Crippen LogP contribution in [0.3, 0.4) is 0 Å². The van der Waals surface area contributed by atoms with Crippen LogP contribution in [0.25, 0.3) is 0 Å². The molecule has 2 atom stereocenters. The van der Waals surface area contributed by atoms with Crippen molar-refractivity contribution >= 4 is 69.7 Å². The summed E-state index contributed by atoms with van der Waals surface area (Å²) < 4.78 is 19.0. The fraction of sp³-hybridized carbons (Fsp3) is 0.462. The molecule has 2 unspecified atom stereocenters. The summed E-state index contributed by atoms with van der Waals surface area (Å²) in [6, 6.07) is 13.4. The number of hydrazone groups is 1. The molecule has 36 heavy (non-hydrogen) atoms. The first kappa shape index (κ1) is 32.6. The Morgan fingerprint density at radius 3 is 2.14 bits per heavy atom. The lowest BCUT2D eigenvalue weighted by Gasteiger charge is -2.33. The summed E-state index contributed by atoms with van der Waals surface area (Å²) in [5.74, 6) is 7.23. The third-order valence-electron chi connectivity index (χ3n) is 5.46. The van der Waals surface area contributed by atoms with E-state index < -0.39 is 0 Å². The van der Waals surface area contributed by atoms with Crippen molar-refractivity contribution in [2.75, 3.05) is 29.2 Å². The second-order valence-electron chi connectivity index (χ2n) is 8.19. The number of alkyl halides is 2. The van der Waals surface area contributed by atoms with E-state index in [9.17, 15) is 4.79 Å². The Kier molecular flexibility index (Phi) is 16.2. The molecular formula is C26H36ClI2N3O4. The quantitative estimate of drug-likeness (QED) is 0.0593. The Morgan fingerprint density at radius 1 is 0.972 bits per heavy atom. The molecule has 200 valence electrons. The molecule has 0 bridgehead atoms. The van der Waals surface area contributed by atoms with Crippen molar-refractivity contribution in [1.29, 1.82) is 0 Å². The standard InChI is InChI=1S/C26H35I2N3O4.ClH/c1-19(16-27)31(20(2)17-28)26(32)22-9-12-24(25(15-22)33-3)35-14-6-4-5-13-34-23-10-7-21(8-11-23)18-30-29;/h7-12,15,18-20H,4-6,13-14,16-17,29H2,1-3H3;1H. The summed E-state index contributed by atoms with van der Waals surface area (Å²) in [6.07, 6.45) is 4.40. The number of carbonyl (C=O) groups excluding carboxylic acids is 1. The van der Waals surface area contributed by atoms with Crippen LogP contribution in [-0.4, -0.2) is 58.3 Å². The van der Waals surface area contributed by atoms with Gasteiger partial charge >= 0.3 is 0 Å². The van der Waals surface area contributed by atoms with E-state index in [1.165, 1.54) is 0 Å². The number of rotatable bonds is 15. The van der Waals surface area contributed by atoms with Gasteiger partial charge in [-0.25, -0.2) is 0 Å². The number of ether oxygens (including phenoxy) is 3. The Morgan fingerprint density at radius 2 is 1.58 bits per heavy atom. The van der Waals surface area contributed by atoms with Crippen LogP contribution >= 0.6 is 57.6 Å². The largest absolute Gasteiger partial charge is 0.494 e. The summed E-state index contributed by atoms with van der Waals surface area (Å²) >= 11 is 4.65. The van der Waals surface area contributed by atoms with Gasteiger partial charge in [0.15, 0.2) is 11.5 Å². The second-order valence-corrected chi connectivity index (χ2v) is 9.95. The van der Waals surface area contributed by atoms with Gasteiger partial charge in [0.25, 0.3) is 5.91 Å². The van der Waals surface area contributed by atoms with Gasteiger partial charge in [-0.05, 0) is 81.1 Å². The molecule has 0 spiro atoms. The average Bonchev–Trinajstić information content (AvgIpc) is 2.88. The van der Waals surface area contributed by atoms with E-state index in [1.807, 2.05) is 41.3 Å². The summed E-state index contributed by atoms with van der Waals surface area (Å²) in [5, 5.41) is 3.51. The maximum absolute atomic E-state index is 13.2. The predicted octanol–water partition coefficient (Wildman–Crippen LogP) is 6.13. The monoisotopic (exact) mass is 743 g/mol. The predicted molar refractivity (Wildman–Crippen MR) is 166 cm³/mol. The zero-order valence-corrected chi connectivity index (χ0v) is 26.1. The first-order valence-corrected chi connectivity index (χ1v) is 14.7. The fourth-order valence-corrected chi connectivity index (χ4v) is 4.39. The molecule has 0 heterocycles. The van der Waals surface area contributed by atoms with Gasteiger partial charge < -0.3 is 25.0 Å². The van der Waals surface area contributed by atoms with Crippen LogP contribution < -0.4 is 20.1 Å². The summed E-state index contributed by atoms with van der Waals surface area (Å²) in [7, 11) is 1.60. The van der Waals surface area contributed by atoms with E-state index in [4.69, 9.17) is 20.1 Å². The SMILES string of the molecule is COc1cc(C(=O)N(C(C)CI)C(C)CI)ccc1OCCCCCOc1ccc(C=NN)cc1.Cl. The second kappa shape index (κ2) is 17.9. The molecule has 0 aliphatic heterocycles. The van der Waals surface area contributed by atoms with Crippen LogP contribution in [0.4, 0.5) is 0 Å². The molecule has 0 aromatic heterocycles. The van der Waals surface area contributed by atoms with Crippen LogP contribution in [0.5, 0.6) is 17.2 Å². The number of carbonyl (C=O) groups is 1. The minimum Gasteiger partial charge on any atom is -0.494 e. The van der Waals surface area contributed by atoms with Gasteiger partial charge in [0.2, 0.25) is 0 Å². The van der Waals surface area contributed by atoms with Crippen LogP contribution in [0, 0.1) is 0 Å². The van der Waals surface area contributed by atoms with Crippen molar-refractivity contribution in [3.05, 3.63) is 53.6 Å². The van der Waals surface area contributed by atoms with Crippen molar-refractivity contribution < 1.29 is 19.0 Å². The highest BCUT2D eigenvalue weighted by Crippen LogP contribution is 2.29. The molecule has 10 heteroatoms. The summed E-state index contributed by atoms with van der Waals surface area (Å²) in [5.41, 5.74) is 1.55. The Balaban J connectivity index is 0.00000648. The van der Waals surface area contributed by atoms with E-state index in [2.05, 4.69) is 64.1 Å². The molecule has 0 saturated carbocycles. The van der Waals surface area contributed by atoms with Gasteiger partial charge in [-0.1, -0.05) is 45.2 Å². The third kappa shape index (κ3) is 10.1. The molecular weight excluding hydrogens is 708 g/mol. The third-order valence-corrected chi connectivity index (χ3v) is 8.01. The summed E-state index contributed by atoms with van der Waals surface area (Å²) in [6.45, 7) is 5.38. The molecule has 2 rings (SSSR count). The first-order chi connectivity index (χ1) is 16.9. The molecule has 1 amide bonds. The molecule has 2 N–H and O–H groups in total. The number of nitrogens with two attached hydrogens (primary N) is 1. The molecule has 2 aromatic rings. The average molecular weight is 744 g/mol. The van der Waals surface area contributed by atoms with Crippen molar-refractivity contribution in [3.63, 3.8) is 0 Å². The van der Waals surface area contributed by atoms with E-state index >= 15 is 0 Å². The number of hydrogen-bond acceptors (Lipinski definition) is 6. The molecule has 0 saturated heterocycles. The lowest BCUT2D eigenvalue weighted by molar-refractivity contribution is 0.0656. The van der Waals surface area contributed by atoms with Crippen LogP contribution in [-0.2, 0) is 0 Å². The number of hydrogen-bond donors (Lipinski definition) is 1. The van der Waals surface area contributed by atoms with Gasteiger partial charge in [0.05, 0.1) is 26.5 Å². The van der Waals surface area contributed by atoms with Crippen molar-refractivity contribution in [1.82, 2.24) is 4.90 Å². The number of amides is 1. The highest BCUT2D eigenvalue weighted by atomic mass is 127. The first-order valence-electron chi connectivity index (χ1n) is 11.7. The van der Waals surface area contributed by atoms with Crippen LogP contribution in [0.2, 0.25) is 0 Å². The number of halogens is 3. The van der Waals surface area contributed by atoms with E-state index in [0.29, 0.717) is 30.3 Å². The maximum atomic E-state index is 13.2. The van der Waals surface area contributed by atoms with Crippen molar-refractivity contribution in [2.45, 2.75) is 45.2 Å². The molecule has 7 nitrogen and oxygen atoms in total. The minimum atomic E-state index is 0. The van der Waals surface area contributed by atoms with E-state index in [-0.39, 0.29) is 30.4 Å². The highest BCUT2D eigenvalue weighted by Gasteiger charge is 2.26. The van der Waals surface area contributed by atoms with Crippen LogP contribution in [0.15, 0.2) is 47.6 Å². The highest BCUT2D eigenvalue weighted by molar-refractivity contribution is 14.1. The van der Waals surface area contributed by atoms with Gasteiger partial charge in [0.1, 0.15) is 5.75 Å². The zero-order valence-electron chi connectivity index (χ0n) is 21.0. The van der Waals surface area contributed by atoms with E-state index in [0.717, 1.165) is 39.4 Å². The van der Waals surface area contributed by atoms with Gasteiger partial charge in [-0.2, -0.15) is 5.10 Å². The van der Waals surface area contributed by atoms with E-state index in [1.54, 1.807) is 19.4 Å². The Hall–Kier alpha value is -1.47. The molecule has 0 radical (unpaired) electrons. The molecule has 0 aliphatic rings. The normalized spacial score (nSPS) is 12.5. The molecule has 0 aliphatic carbocycles. The molecule has 0 fully saturated rings. The van der Waals surface area contributed by atoms with Crippen molar-refractivity contribution in [2.24, 2.45) is 10.9 Å². The van der Waals surface area contributed by atoms with Gasteiger partial charge in [0, 0.05) is 26.5 Å². The van der Waals surface area contributed by atoms with Gasteiger partial charge in [-0.3, -0.25) is 4.79 Å². The zero-order chi connectivity index (χ0) is 25.6. The summed E-state index contributed by atoms with van der Waals surface area (Å²) in [4.78, 5) is 15.2. The van der Waals surface area contributed by atoms with Crippen LogP contribution in [0.1, 0.15) is 49.0 Å². The topological polar surface area (TPSA) is 86.4 Å². The lowest BCUT2D eigenvalue weighted by Crippen LogP contribution is -2.46. The maximum Gasteiger partial charge on any atom is 0.254 e. The molecule has 2 aromatic carbocycles. The minimum absolute atomic E-state index is 0. The number of nitrogens with zero attached hydrogens (tertiary/aromatic N) is 2. The Labute approximate surface area is 248 Å². The van der Waals surface area contributed by atoms with Crippen molar-refractivity contribution in [3.8, 4) is 17.2 Å². The number of methoxy groups -OCH3 is 1. The smallest absolute Gasteiger partial charge is 0.254 e. The number of unbranched alkanes of at least 4 members (excludes halogenated alkanes) is 2. The fourth-order valence-electron chi connectivity index (χ4n) is 3.54. The van der Waals surface area contributed by atoms with Gasteiger partial charge in [-0.15, -0.1) is 12.4 Å². The number of benzene rings is 2.